The van der Waals surface area contributed by atoms with Crippen LogP contribution < -0.4 is 9.64 Å². The Kier molecular flexibility index (Phi) is 6.16. The zero-order valence-corrected chi connectivity index (χ0v) is 22.8. The smallest absolute Gasteiger partial charge is 0.142 e. The molecule has 5 aromatic rings. The van der Waals surface area contributed by atoms with Crippen LogP contribution in [0.3, 0.4) is 0 Å². The molecule has 0 aliphatic heterocycles. The van der Waals surface area contributed by atoms with Gasteiger partial charge in [-0.15, -0.1) is 0 Å². The van der Waals surface area contributed by atoms with Gasteiger partial charge in [0.15, 0.2) is 0 Å². The number of hydrogen-bond donors (Lipinski definition) is 0. The molecule has 0 saturated heterocycles. The fourth-order valence-corrected chi connectivity index (χ4v) is 5.65. The van der Waals surface area contributed by atoms with Crippen LogP contribution in [0, 0.1) is 0 Å². The molecule has 0 radical (unpaired) electrons. The van der Waals surface area contributed by atoms with Crippen LogP contribution in [0.15, 0.2) is 124 Å². The van der Waals surface area contributed by atoms with E-state index in [1.54, 1.807) is 0 Å². The van der Waals surface area contributed by atoms with Gasteiger partial charge in [-0.1, -0.05) is 61.5 Å². The second-order valence-electron chi connectivity index (χ2n) is 8.90. The molecule has 36 heavy (non-hydrogen) atoms. The standard InChI is InChI=1S/C32H23Br2NO/c1-21-26-18-16-25(36-31-14-8-13-30(33)32(31)34)20-29(26)27-17-15-24(19-28(21)27)35(22-9-4-2-5-10-22)23-11-6-3-7-12-23/h2-21H,1H3. The van der Waals surface area contributed by atoms with Gasteiger partial charge in [-0.3, -0.25) is 0 Å². The molecule has 2 nitrogen and oxygen atoms in total. The third-order valence-corrected chi connectivity index (χ3v) is 8.72. The first kappa shape index (κ1) is 23.1. The fourth-order valence-electron chi connectivity index (χ4n) is 4.96. The molecular weight excluding hydrogens is 574 g/mol. The third kappa shape index (κ3) is 4.15. The van der Waals surface area contributed by atoms with Crippen LogP contribution in [0.4, 0.5) is 17.1 Å². The summed E-state index contributed by atoms with van der Waals surface area (Å²) < 4.78 is 8.13. The van der Waals surface area contributed by atoms with Crippen molar-refractivity contribution in [1.29, 1.82) is 0 Å². The van der Waals surface area contributed by atoms with Crippen molar-refractivity contribution in [3.05, 3.63) is 135 Å². The molecular formula is C32H23Br2NO. The minimum atomic E-state index is 0.301. The Balaban J connectivity index is 1.40. The summed E-state index contributed by atoms with van der Waals surface area (Å²) in [6.45, 7) is 2.29. The van der Waals surface area contributed by atoms with E-state index in [1.807, 2.05) is 18.2 Å². The Hall–Kier alpha value is -3.34. The van der Waals surface area contributed by atoms with Crippen LogP contribution in [0.25, 0.3) is 11.1 Å². The minimum Gasteiger partial charge on any atom is -0.456 e. The van der Waals surface area contributed by atoms with Crippen LogP contribution >= 0.6 is 31.9 Å². The largest absolute Gasteiger partial charge is 0.456 e. The predicted molar refractivity (Wildman–Crippen MR) is 156 cm³/mol. The number of para-hydroxylation sites is 2. The van der Waals surface area contributed by atoms with E-state index in [1.165, 1.54) is 22.3 Å². The summed E-state index contributed by atoms with van der Waals surface area (Å²) in [6, 6.07) is 40.2. The maximum Gasteiger partial charge on any atom is 0.142 e. The van der Waals surface area contributed by atoms with Crippen molar-refractivity contribution < 1.29 is 4.74 Å². The highest BCUT2D eigenvalue weighted by Gasteiger charge is 2.27. The first-order chi connectivity index (χ1) is 17.6. The summed E-state index contributed by atoms with van der Waals surface area (Å²) in [6.07, 6.45) is 0. The molecule has 0 amide bonds. The minimum absolute atomic E-state index is 0.301. The van der Waals surface area contributed by atoms with Gasteiger partial charge in [0, 0.05) is 27.5 Å². The molecule has 1 aliphatic rings. The molecule has 0 bridgehead atoms. The van der Waals surface area contributed by atoms with Gasteiger partial charge >= 0.3 is 0 Å². The number of anilines is 3. The van der Waals surface area contributed by atoms with Crippen LogP contribution in [0.1, 0.15) is 24.0 Å². The van der Waals surface area contributed by atoms with E-state index in [2.05, 4.69) is 141 Å². The quantitative estimate of drug-likeness (QED) is 0.200. The molecule has 6 rings (SSSR count). The maximum absolute atomic E-state index is 6.26. The molecule has 0 aromatic heterocycles. The Morgan fingerprint density at radius 3 is 2.00 bits per heavy atom. The van der Waals surface area contributed by atoms with Crippen molar-refractivity contribution in [1.82, 2.24) is 0 Å². The summed E-state index contributed by atoms with van der Waals surface area (Å²) in [5.74, 6) is 1.91. The molecule has 1 unspecified atom stereocenters. The number of rotatable bonds is 5. The zero-order chi connectivity index (χ0) is 24.6. The summed E-state index contributed by atoms with van der Waals surface area (Å²) in [5.41, 5.74) is 8.60. The predicted octanol–water partition coefficient (Wildman–Crippen LogP) is 10.6. The van der Waals surface area contributed by atoms with Gasteiger partial charge in [0.1, 0.15) is 11.5 Å². The van der Waals surface area contributed by atoms with Crippen molar-refractivity contribution in [2.45, 2.75) is 12.8 Å². The molecule has 0 heterocycles. The lowest BCUT2D eigenvalue weighted by atomic mass is 9.98. The van der Waals surface area contributed by atoms with Crippen molar-refractivity contribution in [3.63, 3.8) is 0 Å². The number of hydrogen-bond acceptors (Lipinski definition) is 2. The van der Waals surface area contributed by atoms with Crippen molar-refractivity contribution >= 4 is 48.9 Å². The lowest BCUT2D eigenvalue weighted by molar-refractivity contribution is 0.479. The molecule has 4 heteroatoms. The summed E-state index contributed by atoms with van der Waals surface area (Å²) in [4.78, 5) is 2.31. The topological polar surface area (TPSA) is 12.5 Å². The molecule has 0 N–H and O–H groups in total. The number of benzene rings is 5. The van der Waals surface area contributed by atoms with Crippen molar-refractivity contribution in [3.8, 4) is 22.6 Å². The van der Waals surface area contributed by atoms with Gasteiger partial charge in [-0.05, 0) is 115 Å². The lowest BCUT2D eigenvalue weighted by Crippen LogP contribution is -2.10. The monoisotopic (exact) mass is 595 g/mol. The molecule has 176 valence electrons. The van der Waals surface area contributed by atoms with E-state index in [0.29, 0.717) is 5.92 Å². The van der Waals surface area contributed by atoms with E-state index < -0.39 is 0 Å². The number of nitrogens with zero attached hydrogens (tertiary/aromatic N) is 1. The maximum atomic E-state index is 6.26. The van der Waals surface area contributed by atoms with Gasteiger partial charge in [0.05, 0.1) is 4.47 Å². The summed E-state index contributed by atoms with van der Waals surface area (Å²) in [5, 5.41) is 0. The van der Waals surface area contributed by atoms with Crippen LogP contribution in [-0.2, 0) is 0 Å². The van der Waals surface area contributed by atoms with E-state index in [0.717, 1.165) is 37.5 Å². The molecule has 1 aliphatic carbocycles. The molecule has 5 aromatic carbocycles. The first-order valence-electron chi connectivity index (χ1n) is 11.9. The van der Waals surface area contributed by atoms with Gasteiger partial charge in [0.25, 0.3) is 0 Å². The molecule has 1 atom stereocenters. The highest BCUT2D eigenvalue weighted by Crippen LogP contribution is 2.49. The van der Waals surface area contributed by atoms with Crippen molar-refractivity contribution in [2.24, 2.45) is 0 Å². The van der Waals surface area contributed by atoms with E-state index >= 15 is 0 Å². The van der Waals surface area contributed by atoms with E-state index in [4.69, 9.17) is 4.74 Å². The highest BCUT2D eigenvalue weighted by atomic mass is 79.9. The van der Waals surface area contributed by atoms with Gasteiger partial charge in [0.2, 0.25) is 0 Å². The van der Waals surface area contributed by atoms with Crippen LogP contribution in [-0.4, -0.2) is 0 Å². The summed E-state index contributed by atoms with van der Waals surface area (Å²) in [7, 11) is 0. The molecule has 0 saturated carbocycles. The fraction of sp³-hybridized carbons (Fsp3) is 0.0625. The number of fused-ring (bicyclic) bond motifs is 3. The summed E-state index contributed by atoms with van der Waals surface area (Å²) >= 11 is 7.18. The van der Waals surface area contributed by atoms with E-state index in [9.17, 15) is 0 Å². The first-order valence-corrected chi connectivity index (χ1v) is 13.5. The molecule has 0 fully saturated rings. The normalized spacial score (nSPS) is 13.7. The molecule has 0 spiro atoms. The lowest BCUT2D eigenvalue weighted by Gasteiger charge is -2.26. The SMILES string of the molecule is CC1c2ccc(Oc3cccc(Br)c3Br)cc2-c2ccc(N(c3ccccc3)c3ccccc3)cc21. The average Bonchev–Trinajstić information content (AvgIpc) is 3.19. The van der Waals surface area contributed by atoms with Gasteiger partial charge in [-0.25, -0.2) is 0 Å². The zero-order valence-electron chi connectivity index (χ0n) is 19.7. The second-order valence-corrected chi connectivity index (χ2v) is 10.6. The van der Waals surface area contributed by atoms with E-state index in [-0.39, 0.29) is 0 Å². The Morgan fingerprint density at radius 1 is 0.611 bits per heavy atom. The highest BCUT2D eigenvalue weighted by molar-refractivity contribution is 9.13. The van der Waals surface area contributed by atoms with Gasteiger partial charge < -0.3 is 9.64 Å². The average molecular weight is 597 g/mol. The Labute approximate surface area is 228 Å². The van der Waals surface area contributed by atoms with Crippen LogP contribution in [0.5, 0.6) is 11.5 Å². The second kappa shape index (κ2) is 9.61. The van der Waals surface area contributed by atoms with Gasteiger partial charge in [-0.2, -0.15) is 0 Å². The van der Waals surface area contributed by atoms with Crippen LogP contribution in [0.2, 0.25) is 0 Å². The number of ether oxygens (including phenoxy) is 1. The van der Waals surface area contributed by atoms with Crippen molar-refractivity contribution in [2.75, 3.05) is 4.90 Å². The number of halogens is 2. The Morgan fingerprint density at radius 2 is 1.31 bits per heavy atom. The third-order valence-electron chi connectivity index (χ3n) is 6.71. The Bertz CT molecular complexity index is 1510.